The molecule has 0 unspecified atom stereocenters. The summed E-state index contributed by atoms with van der Waals surface area (Å²) in [5.74, 6) is 2.33. The Bertz CT molecular complexity index is 311. The molecule has 0 saturated heterocycles. The van der Waals surface area contributed by atoms with Crippen LogP contribution < -0.4 is 5.73 Å². The maximum Gasteiger partial charge on any atom is 0.169 e. The van der Waals surface area contributed by atoms with Gasteiger partial charge in [-0.15, -0.1) is 0 Å². The molecule has 0 aliphatic heterocycles. The van der Waals surface area contributed by atoms with Crippen LogP contribution in [0.3, 0.4) is 0 Å². The molecule has 2 N–H and O–H groups in total. The molecular formula is C12H20N2O. The van der Waals surface area contributed by atoms with E-state index in [4.69, 9.17) is 10.3 Å². The van der Waals surface area contributed by atoms with Gasteiger partial charge < -0.3 is 10.3 Å². The lowest BCUT2D eigenvalue weighted by atomic mass is 9.94. The minimum atomic E-state index is 0.554. The predicted molar refractivity (Wildman–Crippen MR) is 60.5 cm³/mol. The Morgan fingerprint density at radius 2 is 1.93 bits per heavy atom. The van der Waals surface area contributed by atoms with Crippen molar-refractivity contribution in [1.82, 2.24) is 5.16 Å². The van der Waals surface area contributed by atoms with E-state index in [0.717, 1.165) is 23.7 Å². The molecule has 1 aromatic heterocycles. The highest BCUT2D eigenvalue weighted by molar-refractivity contribution is 5.38. The van der Waals surface area contributed by atoms with Gasteiger partial charge in [-0.05, 0) is 12.8 Å². The summed E-state index contributed by atoms with van der Waals surface area (Å²) in [7, 11) is 0. The summed E-state index contributed by atoms with van der Waals surface area (Å²) in [6, 6.07) is 0. The normalized spacial score (nSPS) is 19.0. The van der Waals surface area contributed by atoms with Gasteiger partial charge in [0, 0.05) is 12.0 Å². The molecule has 15 heavy (non-hydrogen) atoms. The number of hydrogen-bond donors (Lipinski definition) is 1. The second-order valence-corrected chi connectivity index (χ2v) is 4.68. The summed E-state index contributed by atoms with van der Waals surface area (Å²) in [5.41, 5.74) is 6.71. The Morgan fingerprint density at radius 1 is 1.27 bits per heavy atom. The van der Waals surface area contributed by atoms with Gasteiger partial charge in [-0.3, -0.25) is 0 Å². The predicted octanol–water partition coefficient (Wildman–Crippen LogP) is 3.08. The molecule has 1 heterocycles. The van der Waals surface area contributed by atoms with Gasteiger partial charge in [-0.2, -0.15) is 0 Å². The first-order valence-corrected chi connectivity index (χ1v) is 5.98. The maximum absolute atomic E-state index is 5.67. The van der Waals surface area contributed by atoms with E-state index in [2.05, 4.69) is 5.16 Å². The van der Waals surface area contributed by atoms with Crippen molar-refractivity contribution in [2.24, 2.45) is 5.92 Å². The molecule has 1 aliphatic carbocycles. The summed E-state index contributed by atoms with van der Waals surface area (Å²) >= 11 is 0. The number of rotatable bonds is 2. The van der Waals surface area contributed by atoms with Gasteiger partial charge in [0.05, 0.1) is 0 Å². The van der Waals surface area contributed by atoms with Crippen molar-refractivity contribution >= 4 is 5.82 Å². The smallest absolute Gasteiger partial charge is 0.169 e. The highest BCUT2D eigenvalue weighted by atomic mass is 16.5. The monoisotopic (exact) mass is 208 g/mol. The minimum absolute atomic E-state index is 0.554. The molecule has 1 saturated carbocycles. The second-order valence-electron chi connectivity index (χ2n) is 4.68. The van der Waals surface area contributed by atoms with Gasteiger partial charge in [0.25, 0.3) is 0 Å². The van der Waals surface area contributed by atoms with E-state index in [-0.39, 0.29) is 0 Å². The third-order valence-electron chi connectivity index (χ3n) is 3.51. The number of aromatic nitrogens is 1. The third kappa shape index (κ3) is 2.52. The Morgan fingerprint density at radius 3 is 2.47 bits per heavy atom. The van der Waals surface area contributed by atoms with Gasteiger partial charge in [-0.1, -0.05) is 43.7 Å². The van der Waals surface area contributed by atoms with E-state index < -0.39 is 0 Å². The summed E-state index contributed by atoms with van der Waals surface area (Å²) in [6.45, 7) is 2.00. The van der Waals surface area contributed by atoms with E-state index in [0.29, 0.717) is 5.82 Å². The summed E-state index contributed by atoms with van der Waals surface area (Å²) in [4.78, 5) is 0. The zero-order chi connectivity index (χ0) is 10.7. The molecular weight excluding hydrogens is 188 g/mol. The van der Waals surface area contributed by atoms with Crippen molar-refractivity contribution in [2.45, 2.75) is 51.9 Å². The number of nitrogens with zero attached hydrogens (tertiary/aromatic N) is 1. The molecule has 1 fully saturated rings. The summed E-state index contributed by atoms with van der Waals surface area (Å²) in [6.07, 6.45) is 9.22. The fourth-order valence-corrected chi connectivity index (χ4v) is 2.40. The standard InChI is InChI=1S/C12H20N2O/c1-9-11(15-14-12(9)13)8-10-6-4-2-3-5-7-10/h10H,2-8H2,1H3,(H2,13,14). The Hall–Kier alpha value is -0.990. The van der Waals surface area contributed by atoms with Crippen molar-refractivity contribution in [3.05, 3.63) is 11.3 Å². The van der Waals surface area contributed by atoms with Gasteiger partial charge >= 0.3 is 0 Å². The number of anilines is 1. The van der Waals surface area contributed by atoms with Crippen molar-refractivity contribution in [3.8, 4) is 0 Å². The van der Waals surface area contributed by atoms with Crippen LogP contribution in [0.1, 0.15) is 49.8 Å². The van der Waals surface area contributed by atoms with E-state index in [1.54, 1.807) is 0 Å². The first kappa shape index (κ1) is 10.5. The third-order valence-corrected chi connectivity index (χ3v) is 3.51. The zero-order valence-electron chi connectivity index (χ0n) is 9.46. The summed E-state index contributed by atoms with van der Waals surface area (Å²) < 4.78 is 5.26. The van der Waals surface area contributed by atoms with Crippen LogP contribution >= 0.6 is 0 Å². The molecule has 0 atom stereocenters. The number of nitrogen functional groups attached to an aromatic ring is 1. The highest BCUT2D eigenvalue weighted by Crippen LogP contribution is 2.27. The molecule has 2 rings (SSSR count). The van der Waals surface area contributed by atoms with Crippen LogP contribution in [0, 0.1) is 12.8 Å². The first-order chi connectivity index (χ1) is 7.27. The molecule has 1 aromatic rings. The van der Waals surface area contributed by atoms with Crippen LogP contribution in [0.15, 0.2) is 4.52 Å². The molecule has 0 radical (unpaired) electrons. The topological polar surface area (TPSA) is 52.0 Å². The average molecular weight is 208 g/mol. The quantitative estimate of drug-likeness (QED) is 0.760. The lowest BCUT2D eigenvalue weighted by Crippen LogP contribution is -2.03. The fourth-order valence-electron chi connectivity index (χ4n) is 2.40. The molecule has 84 valence electrons. The SMILES string of the molecule is Cc1c(N)noc1CC1CCCCCC1. The lowest BCUT2D eigenvalue weighted by Gasteiger charge is -2.11. The van der Waals surface area contributed by atoms with Crippen LogP contribution in [0.2, 0.25) is 0 Å². The van der Waals surface area contributed by atoms with E-state index in [9.17, 15) is 0 Å². The first-order valence-electron chi connectivity index (χ1n) is 5.98. The Labute approximate surface area is 91.0 Å². The lowest BCUT2D eigenvalue weighted by molar-refractivity contribution is 0.345. The van der Waals surface area contributed by atoms with E-state index >= 15 is 0 Å². The van der Waals surface area contributed by atoms with Crippen molar-refractivity contribution < 1.29 is 4.52 Å². The molecule has 0 aromatic carbocycles. The minimum Gasteiger partial charge on any atom is -0.381 e. The maximum atomic E-state index is 5.67. The Kier molecular flexibility index (Phi) is 3.29. The molecule has 0 amide bonds. The van der Waals surface area contributed by atoms with Gasteiger partial charge in [0.1, 0.15) is 5.76 Å². The van der Waals surface area contributed by atoms with E-state index in [1.165, 1.54) is 38.5 Å². The van der Waals surface area contributed by atoms with Crippen LogP contribution in [0.5, 0.6) is 0 Å². The van der Waals surface area contributed by atoms with Crippen molar-refractivity contribution in [2.75, 3.05) is 5.73 Å². The van der Waals surface area contributed by atoms with Crippen LogP contribution in [-0.4, -0.2) is 5.16 Å². The highest BCUT2D eigenvalue weighted by Gasteiger charge is 2.17. The van der Waals surface area contributed by atoms with E-state index in [1.807, 2.05) is 6.92 Å². The Balaban J connectivity index is 1.98. The summed E-state index contributed by atoms with van der Waals surface area (Å²) in [5, 5.41) is 3.81. The molecule has 0 bridgehead atoms. The molecule has 3 nitrogen and oxygen atoms in total. The van der Waals surface area contributed by atoms with Crippen molar-refractivity contribution in [1.29, 1.82) is 0 Å². The zero-order valence-corrected chi connectivity index (χ0v) is 9.46. The van der Waals surface area contributed by atoms with Crippen molar-refractivity contribution in [3.63, 3.8) is 0 Å². The second kappa shape index (κ2) is 4.69. The largest absolute Gasteiger partial charge is 0.381 e. The van der Waals surface area contributed by atoms with Gasteiger partial charge in [-0.25, -0.2) is 0 Å². The van der Waals surface area contributed by atoms with Crippen LogP contribution in [0.4, 0.5) is 5.82 Å². The molecule has 0 spiro atoms. The average Bonchev–Trinajstić information content (AvgIpc) is 2.50. The fraction of sp³-hybridized carbons (Fsp3) is 0.750. The van der Waals surface area contributed by atoms with Gasteiger partial charge in [0.15, 0.2) is 5.82 Å². The molecule has 3 heteroatoms. The van der Waals surface area contributed by atoms with Gasteiger partial charge in [0.2, 0.25) is 0 Å². The molecule has 1 aliphatic rings. The van der Waals surface area contributed by atoms with Crippen LogP contribution in [-0.2, 0) is 6.42 Å². The number of nitrogens with two attached hydrogens (primary N) is 1. The van der Waals surface area contributed by atoms with Crippen LogP contribution in [0.25, 0.3) is 0 Å². The number of hydrogen-bond acceptors (Lipinski definition) is 3.